The maximum absolute atomic E-state index is 9.20. The number of hydrogen-bond acceptors (Lipinski definition) is 7. The molecule has 0 amide bonds. The molecule has 100 valence electrons. The van der Waals surface area contributed by atoms with Crippen LogP contribution in [0.4, 0.5) is 11.8 Å². The van der Waals surface area contributed by atoms with Crippen LogP contribution in [0.1, 0.15) is 6.92 Å². The third kappa shape index (κ3) is 2.80. The van der Waals surface area contributed by atoms with Gasteiger partial charge in [0.2, 0.25) is 11.8 Å². The summed E-state index contributed by atoms with van der Waals surface area (Å²) in [6.45, 7) is 3.20. The monoisotopic (exact) mass is 254 g/mol. The van der Waals surface area contributed by atoms with E-state index in [1.807, 2.05) is 11.8 Å². The second-order valence-electron chi connectivity index (χ2n) is 4.28. The van der Waals surface area contributed by atoms with Gasteiger partial charge < -0.3 is 25.2 Å². The molecule has 0 aromatic carbocycles. The molecule has 1 aliphatic rings. The normalized spacial score (nSPS) is 24.1. The number of hydrogen-bond donors (Lipinski definition) is 2. The lowest BCUT2D eigenvalue weighted by Gasteiger charge is -2.36. The van der Waals surface area contributed by atoms with Gasteiger partial charge in [0.15, 0.2) is 0 Å². The Bertz CT molecular complexity index is 415. The number of aliphatic hydroxyl groups excluding tert-OH is 1. The van der Waals surface area contributed by atoms with Crippen LogP contribution in [-0.4, -0.2) is 54.1 Å². The lowest BCUT2D eigenvalue weighted by molar-refractivity contribution is -0.0423. The zero-order chi connectivity index (χ0) is 13.1. The first kappa shape index (κ1) is 12.8. The number of nitrogen functional groups attached to an aromatic ring is 1. The largest absolute Gasteiger partial charge is 0.481 e. The van der Waals surface area contributed by atoms with E-state index < -0.39 is 0 Å². The summed E-state index contributed by atoms with van der Waals surface area (Å²) in [6, 6.07) is 1.73. The van der Waals surface area contributed by atoms with Crippen molar-refractivity contribution >= 4 is 11.8 Å². The number of methoxy groups -OCH3 is 1. The molecule has 0 spiro atoms. The van der Waals surface area contributed by atoms with Crippen molar-refractivity contribution in [2.45, 2.75) is 19.1 Å². The summed E-state index contributed by atoms with van der Waals surface area (Å²) in [5, 5.41) is 9.20. The summed E-state index contributed by atoms with van der Waals surface area (Å²) in [7, 11) is 1.53. The number of nitrogens with zero attached hydrogens (tertiary/aromatic N) is 3. The van der Waals surface area contributed by atoms with Crippen molar-refractivity contribution in [1.82, 2.24) is 9.97 Å². The first-order chi connectivity index (χ1) is 8.62. The van der Waals surface area contributed by atoms with Gasteiger partial charge in [0, 0.05) is 19.2 Å². The first-order valence-corrected chi connectivity index (χ1v) is 5.82. The summed E-state index contributed by atoms with van der Waals surface area (Å²) >= 11 is 0. The predicted molar refractivity (Wildman–Crippen MR) is 66.6 cm³/mol. The van der Waals surface area contributed by atoms with Crippen molar-refractivity contribution in [3.05, 3.63) is 6.07 Å². The number of nitrogens with two attached hydrogens (primary N) is 1. The first-order valence-electron chi connectivity index (χ1n) is 5.82. The molecule has 7 heteroatoms. The molecule has 2 unspecified atom stereocenters. The van der Waals surface area contributed by atoms with Crippen LogP contribution in [0.3, 0.4) is 0 Å². The fraction of sp³-hybridized carbons (Fsp3) is 0.636. The standard InChI is InChI=1S/C11H18N4O3/c1-7-4-15(5-8(6-16)18-7)9-3-10(17-2)14-11(12)13-9/h3,7-8,16H,4-6H2,1-2H3,(H2,12,13,14). The second-order valence-corrected chi connectivity index (χ2v) is 4.28. The number of morpholine rings is 1. The van der Waals surface area contributed by atoms with Gasteiger partial charge in [-0.3, -0.25) is 0 Å². The average molecular weight is 254 g/mol. The molecule has 0 radical (unpaired) electrons. The molecular weight excluding hydrogens is 236 g/mol. The molecule has 0 bridgehead atoms. The highest BCUT2D eigenvalue weighted by atomic mass is 16.5. The average Bonchev–Trinajstić information content (AvgIpc) is 2.37. The fourth-order valence-electron chi connectivity index (χ4n) is 2.03. The molecule has 1 saturated heterocycles. The zero-order valence-corrected chi connectivity index (χ0v) is 10.5. The third-order valence-corrected chi connectivity index (χ3v) is 2.77. The third-order valence-electron chi connectivity index (χ3n) is 2.77. The van der Waals surface area contributed by atoms with E-state index in [-0.39, 0.29) is 24.8 Å². The van der Waals surface area contributed by atoms with Crippen LogP contribution in [0, 0.1) is 0 Å². The van der Waals surface area contributed by atoms with Crippen molar-refractivity contribution in [3.63, 3.8) is 0 Å². The van der Waals surface area contributed by atoms with Gasteiger partial charge in [-0.15, -0.1) is 0 Å². The molecule has 2 atom stereocenters. The summed E-state index contributed by atoms with van der Waals surface area (Å²) in [6.07, 6.45) is -0.186. The van der Waals surface area contributed by atoms with Crippen LogP contribution < -0.4 is 15.4 Å². The summed E-state index contributed by atoms with van der Waals surface area (Å²) in [4.78, 5) is 10.1. The Balaban J connectivity index is 2.21. The van der Waals surface area contributed by atoms with Crippen LogP contribution in [0.15, 0.2) is 6.07 Å². The Morgan fingerprint density at radius 1 is 1.56 bits per heavy atom. The minimum atomic E-state index is -0.212. The van der Waals surface area contributed by atoms with Crippen LogP contribution in [0.5, 0.6) is 5.88 Å². The second kappa shape index (κ2) is 5.36. The number of rotatable bonds is 3. The Kier molecular flexibility index (Phi) is 3.83. The maximum atomic E-state index is 9.20. The lowest BCUT2D eigenvalue weighted by atomic mass is 10.2. The molecule has 1 aliphatic heterocycles. The van der Waals surface area contributed by atoms with E-state index in [4.69, 9.17) is 15.2 Å². The van der Waals surface area contributed by atoms with Gasteiger partial charge in [0.05, 0.1) is 25.9 Å². The smallest absolute Gasteiger partial charge is 0.225 e. The molecule has 18 heavy (non-hydrogen) atoms. The van der Waals surface area contributed by atoms with Crippen molar-refractivity contribution in [2.75, 3.05) is 37.4 Å². The Hall–Kier alpha value is -1.60. The van der Waals surface area contributed by atoms with E-state index >= 15 is 0 Å². The zero-order valence-electron chi connectivity index (χ0n) is 10.5. The highest BCUT2D eigenvalue weighted by molar-refractivity contribution is 5.46. The molecule has 1 aromatic rings. The van der Waals surface area contributed by atoms with E-state index in [0.717, 1.165) is 0 Å². The van der Waals surface area contributed by atoms with Gasteiger partial charge in [0.1, 0.15) is 5.82 Å². The van der Waals surface area contributed by atoms with Gasteiger partial charge in [-0.2, -0.15) is 9.97 Å². The van der Waals surface area contributed by atoms with Crippen LogP contribution in [-0.2, 0) is 4.74 Å². The van der Waals surface area contributed by atoms with Gasteiger partial charge in [-0.25, -0.2) is 0 Å². The molecule has 1 fully saturated rings. The Morgan fingerprint density at radius 2 is 2.33 bits per heavy atom. The van der Waals surface area contributed by atoms with Crippen molar-refractivity contribution in [2.24, 2.45) is 0 Å². The minimum absolute atomic E-state index is 0.0153. The van der Waals surface area contributed by atoms with Crippen LogP contribution in [0.2, 0.25) is 0 Å². The molecular formula is C11H18N4O3. The van der Waals surface area contributed by atoms with Gasteiger partial charge in [-0.05, 0) is 6.92 Å². The predicted octanol–water partition coefficient (Wildman–Crippen LogP) is -0.347. The number of anilines is 2. The van der Waals surface area contributed by atoms with E-state index in [1.54, 1.807) is 6.07 Å². The van der Waals surface area contributed by atoms with Gasteiger partial charge in [-0.1, -0.05) is 0 Å². The van der Waals surface area contributed by atoms with Crippen LogP contribution in [0.25, 0.3) is 0 Å². The molecule has 0 aliphatic carbocycles. The SMILES string of the molecule is COc1cc(N2CC(C)OC(CO)C2)nc(N)n1. The van der Waals surface area contributed by atoms with Gasteiger partial charge >= 0.3 is 0 Å². The van der Waals surface area contributed by atoms with Crippen molar-refractivity contribution < 1.29 is 14.6 Å². The maximum Gasteiger partial charge on any atom is 0.225 e. The van der Waals surface area contributed by atoms with E-state index in [9.17, 15) is 5.11 Å². The summed E-state index contributed by atoms with van der Waals surface area (Å²) in [5.41, 5.74) is 5.63. The fourth-order valence-corrected chi connectivity index (χ4v) is 2.03. The Morgan fingerprint density at radius 3 is 3.00 bits per heavy atom. The molecule has 7 nitrogen and oxygen atoms in total. The Labute approximate surface area is 106 Å². The lowest BCUT2D eigenvalue weighted by Crippen LogP contribution is -2.48. The minimum Gasteiger partial charge on any atom is -0.481 e. The molecule has 3 N–H and O–H groups in total. The number of aromatic nitrogens is 2. The van der Waals surface area contributed by atoms with Gasteiger partial charge in [0.25, 0.3) is 0 Å². The van der Waals surface area contributed by atoms with E-state index in [1.165, 1.54) is 7.11 Å². The molecule has 2 heterocycles. The number of ether oxygens (including phenoxy) is 2. The van der Waals surface area contributed by atoms with Crippen molar-refractivity contribution in [1.29, 1.82) is 0 Å². The quantitative estimate of drug-likeness (QED) is 0.761. The molecule has 0 saturated carbocycles. The van der Waals surface area contributed by atoms with Crippen LogP contribution >= 0.6 is 0 Å². The van der Waals surface area contributed by atoms with E-state index in [0.29, 0.717) is 24.8 Å². The number of aliphatic hydroxyl groups is 1. The molecule has 1 aromatic heterocycles. The molecule has 2 rings (SSSR count). The topological polar surface area (TPSA) is 93.7 Å². The summed E-state index contributed by atoms with van der Waals surface area (Å²) < 4.78 is 10.6. The van der Waals surface area contributed by atoms with Crippen molar-refractivity contribution in [3.8, 4) is 5.88 Å². The highest BCUT2D eigenvalue weighted by Crippen LogP contribution is 2.22. The highest BCUT2D eigenvalue weighted by Gasteiger charge is 2.26. The summed E-state index contributed by atoms with van der Waals surface area (Å²) in [5.74, 6) is 1.29. The van der Waals surface area contributed by atoms with E-state index in [2.05, 4.69) is 9.97 Å².